The van der Waals surface area contributed by atoms with Crippen molar-refractivity contribution in [2.75, 3.05) is 12.0 Å². The zero-order valence-electron chi connectivity index (χ0n) is 23.5. The van der Waals surface area contributed by atoms with Gasteiger partial charge in [-0.05, 0) is 60.7 Å². The van der Waals surface area contributed by atoms with Crippen LogP contribution in [0.5, 0.6) is 0 Å². The SMILES string of the molecule is N=C(N)CCNC(=O)c1ccc(N=NNc2cccc(C(=N)N)c2)cc1.O=C(O)c1ccccc1.O=C(O)c1ccccc1. The maximum atomic E-state index is 11.9. The van der Waals surface area contributed by atoms with Gasteiger partial charge in [0.05, 0.1) is 28.3 Å². The topological polar surface area (TPSA) is 240 Å². The van der Waals surface area contributed by atoms with Crippen LogP contribution in [-0.2, 0) is 0 Å². The Bertz CT molecular complexity index is 1530. The van der Waals surface area contributed by atoms with E-state index < -0.39 is 11.9 Å². The Morgan fingerprint density at radius 3 is 1.66 bits per heavy atom. The number of carboxylic acids is 2. The van der Waals surface area contributed by atoms with E-state index in [9.17, 15) is 14.4 Å². The summed E-state index contributed by atoms with van der Waals surface area (Å²) in [5, 5.41) is 41.9. The third-order valence-corrected chi connectivity index (χ3v) is 5.37. The van der Waals surface area contributed by atoms with Gasteiger partial charge in [0.1, 0.15) is 5.84 Å². The van der Waals surface area contributed by atoms with E-state index in [1.54, 1.807) is 109 Å². The molecule has 4 aromatic rings. The molecule has 13 heteroatoms. The lowest BCUT2D eigenvalue weighted by Crippen LogP contribution is -2.27. The summed E-state index contributed by atoms with van der Waals surface area (Å²) in [6, 6.07) is 30.1. The Labute approximate surface area is 253 Å². The van der Waals surface area contributed by atoms with Crippen LogP contribution in [0.25, 0.3) is 0 Å². The molecule has 10 N–H and O–H groups in total. The van der Waals surface area contributed by atoms with E-state index in [-0.39, 0.29) is 17.6 Å². The van der Waals surface area contributed by atoms with E-state index in [0.29, 0.717) is 46.6 Å². The highest BCUT2D eigenvalue weighted by atomic mass is 16.4. The lowest BCUT2D eigenvalue weighted by Gasteiger charge is -2.04. The predicted octanol–water partition coefficient (Wildman–Crippen LogP) is 4.91. The molecule has 0 spiro atoms. The molecule has 4 rings (SSSR count). The van der Waals surface area contributed by atoms with Gasteiger partial charge in [-0.3, -0.25) is 21.0 Å². The number of nitrogens with zero attached hydrogens (tertiary/aromatic N) is 2. The van der Waals surface area contributed by atoms with Crippen LogP contribution >= 0.6 is 0 Å². The minimum absolute atomic E-state index is 0.0252. The number of benzene rings is 4. The minimum atomic E-state index is -0.879. The fraction of sp³-hybridized carbons (Fsp3) is 0.0645. The van der Waals surface area contributed by atoms with Gasteiger partial charge in [-0.1, -0.05) is 53.8 Å². The first-order valence-corrected chi connectivity index (χ1v) is 13.0. The van der Waals surface area contributed by atoms with Crippen LogP contribution in [0.3, 0.4) is 0 Å². The summed E-state index contributed by atoms with van der Waals surface area (Å²) in [5.41, 5.74) is 16.4. The Morgan fingerprint density at radius 1 is 0.682 bits per heavy atom. The third-order valence-electron chi connectivity index (χ3n) is 5.37. The average Bonchev–Trinajstić information content (AvgIpc) is 3.03. The van der Waals surface area contributed by atoms with Gasteiger partial charge in [-0.2, -0.15) is 0 Å². The van der Waals surface area contributed by atoms with E-state index in [4.69, 9.17) is 32.5 Å². The van der Waals surface area contributed by atoms with Crippen molar-refractivity contribution in [3.63, 3.8) is 0 Å². The smallest absolute Gasteiger partial charge is 0.335 e. The monoisotopic (exact) mass is 596 g/mol. The van der Waals surface area contributed by atoms with Crippen molar-refractivity contribution in [2.45, 2.75) is 6.42 Å². The molecule has 44 heavy (non-hydrogen) atoms. The first-order valence-electron chi connectivity index (χ1n) is 13.0. The Balaban J connectivity index is 0.000000302. The lowest BCUT2D eigenvalue weighted by atomic mass is 10.2. The first-order chi connectivity index (χ1) is 21.1. The molecule has 1 amide bonds. The molecule has 0 fully saturated rings. The molecule has 13 nitrogen and oxygen atoms in total. The zero-order chi connectivity index (χ0) is 32.3. The molecule has 4 aromatic carbocycles. The van der Waals surface area contributed by atoms with Crippen LogP contribution < -0.4 is 22.2 Å². The van der Waals surface area contributed by atoms with Crippen molar-refractivity contribution in [2.24, 2.45) is 21.8 Å². The van der Waals surface area contributed by atoms with Crippen molar-refractivity contribution in [3.05, 3.63) is 131 Å². The van der Waals surface area contributed by atoms with E-state index in [1.165, 1.54) is 0 Å². The quantitative estimate of drug-likeness (QED) is 0.0540. The molecule has 0 saturated carbocycles. The number of carboxylic acid groups (broad SMARTS) is 2. The van der Waals surface area contributed by atoms with Crippen molar-refractivity contribution in [3.8, 4) is 0 Å². The number of hydrogen-bond donors (Lipinski definition) is 8. The van der Waals surface area contributed by atoms with Gasteiger partial charge in [0, 0.05) is 24.1 Å². The van der Waals surface area contributed by atoms with Crippen LogP contribution in [0.15, 0.2) is 120 Å². The van der Waals surface area contributed by atoms with Gasteiger partial charge in [0.25, 0.3) is 5.91 Å². The molecule has 0 atom stereocenters. The summed E-state index contributed by atoms with van der Waals surface area (Å²) in [5.74, 6) is -2.00. The Kier molecular flexibility index (Phi) is 13.9. The number of amidine groups is 2. The fourth-order valence-electron chi connectivity index (χ4n) is 3.15. The van der Waals surface area contributed by atoms with Crippen molar-refractivity contribution in [1.82, 2.24) is 5.32 Å². The predicted molar refractivity (Wildman–Crippen MR) is 168 cm³/mol. The van der Waals surface area contributed by atoms with E-state index in [1.807, 2.05) is 0 Å². The van der Waals surface area contributed by atoms with E-state index in [0.717, 1.165) is 0 Å². The zero-order valence-corrected chi connectivity index (χ0v) is 23.5. The summed E-state index contributed by atoms with van der Waals surface area (Å²) in [7, 11) is 0. The molecule has 0 unspecified atom stereocenters. The average molecular weight is 597 g/mol. The molecule has 0 bridgehead atoms. The number of nitrogens with one attached hydrogen (secondary N) is 4. The number of amides is 1. The van der Waals surface area contributed by atoms with Crippen molar-refractivity contribution in [1.29, 1.82) is 10.8 Å². The molecule has 0 aliphatic heterocycles. The second-order valence-corrected chi connectivity index (χ2v) is 8.73. The number of aromatic carboxylic acids is 2. The summed E-state index contributed by atoms with van der Waals surface area (Å²) in [4.78, 5) is 32.3. The molecular formula is C31H32N8O5. The lowest BCUT2D eigenvalue weighted by molar-refractivity contribution is 0.0686. The largest absolute Gasteiger partial charge is 0.478 e. The molecular weight excluding hydrogens is 564 g/mol. The summed E-state index contributed by atoms with van der Waals surface area (Å²) in [6.45, 7) is 0.318. The van der Waals surface area contributed by atoms with Gasteiger partial charge in [0.2, 0.25) is 0 Å². The van der Waals surface area contributed by atoms with Gasteiger partial charge >= 0.3 is 11.9 Å². The van der Waals surface area contributed by atoms with Gasteiger partial charge in [-0.15, -0.1) is 5.11 Å². The number of carbonyl (C=O) groups excluding carboxylic acids is 1. The first kappa shape index (κ1) is 33.8. The van der Waals surface area contributed by atoms with Gasteiger partial charge < -0.3 is 27.0 Å². The molecule has 0 heterocycles. The number of nitrogens with two attached hydrogens (primary N) is 2. The molecule has 0 saturated heterocycles. The van der Waals surface area contributed by atoms with Crippen LogP contribution in [-0.4, -0.2) is 46.3 Å². The van der Waals surface area contributed by atoms with E-state index in [2.05, 4.69) is 21.1 Å². The highest BCUT2D eigenvalue weighted by Crippen LogP contribution is 2.15. The van der Waals surface area contributed by atoms with Gasteiger partial charge in [0.15, 0.2) is 0 Å². The highest BCUT2D eigenvalue weighted by Gasteiger charge is 2.05. The Morgan fingerprint density at radius 2 is 1.20 bits per heavy atom. The molecule has 0 aromatic heterocycles. The second kappa shape index (κ2) is 18.1. The van der Waals surface area contributed by atoms with Gasteiger partial charge in [-0.25, -0.2) is 9.59 Å². The second-order valence-electron chi connectivity index (χ2n) is 8.73. The van der Waals surface area contributed by atoms with E-state index >= 15 is 0 Å². The number of nitrogen functional groups attached to an aromatic ring is 1. The third kappa shape index (κ3) is 12.9. The molecule has 0 aliphatic rings. The molecule has 0 radical (unpaired) electrons. The summed E-state index contributed by atoms with van der Waals surface area (Å²) >= 11 is 0. The normalized spacial score (nSPS) is 9.82. The van der Waals surface area contributed by atoms with Crippen LogP contribution in [0.1, 0.15) is 43.1 Å². The van der Waals surface area contributed by atoms with Crippen molar-refractivity contribution < 1.29 is 24.6 Å². The van der Waals surface area contributed by atoms with Crippen molar-refractivity contribution >= 4 is 40.9 Å². The highest BCUT2D eigenvalue weighted by molar-refractivity contribution is 5.96. The number of carbonyl (C=O) groups is 3. The summed E-state index contributed by atoms with van der Waals surface area (Å²) < 4.78 is 0. The number of rotatable bonds is 10. The molecule has 0 aliphatic carbocycles. The standard InChI is InChI=1S/C17H20N8O.2C7H6O2/c18-15(19)8-9-22-17(26)11-4-6-13(7-5-11)23-25-24-14-3-1-2-12(10-14)16(20)21;2*8-7(9)6-4-2-1-3-5-6/h1-7,10H,8-9H2,(H3,18,19)(H3,20,21)(H,22,26)(H,23,24);2*1-5H,(H,8,9). The number of hydrogen-bond acceptors (Lipinski definition) is 7. The molecule has 226 valence electrons. The number of anilines is 1. The van der Waals surface area contributed by atoms with Crippen LogP contribution in [0.2, 0.25) is 0 Å². The maximum Gasteiger partial charge on any atom is 0.335 e. The Hall–Kier alpha value is -6.37. The minimum Gasteiger partial charge on any atom is -0.478 e. The van der Waals surface area contributed by atoms with Crippen LogP contribution in [0, 0.1) is 10.8 Å². The van der Waals surface area contributed by atoms with Crippen LogP contribution in [0.4, 0.5) is 11.4 Å². The maximum absolute atomic E-state index is 11.9. The summed E-state index contributed by atoms with van der Waals surface area (Å²) in [6.07, 6.45) is 0.314. The fourth-order valence-corrected chi connectivity index (χ4v) is 3.15.